The molecule has 1 N–H and O–H groups in total. The van der Waals surface area contributed by atoms with Gasteiger partial charge in [-0.05, 0) is 31.2 Å². The van der Waals surface area contributed by atoms with Crippen molar-refractivity contribution in [3.63, 3.8) is 0 Å². The Morgan fingerprint density at radius 1 is 1.25 bits per heavy atom. The molecule has 0 aliphatic heterocycles. The normalized spacial score (nSPS) is 10.4. The number of aryl methyl sites for hydroxylation is 1. The second-order valence-corrected chi connectivity index (χ2v) is 4.60. The predicted octanol–water partition coefficient (Wildman–Crippen LogP) is 3.42. The fraction of sp³-hybridized carbons (Fsp3) is 0.125. The molecule has 4 nitrogen and oxygen atoms in total. The monoisotopic (exact) mass is 263 g/mol. The number of fused-ring (bicyclic) bond motifs is 1. The molecule has 1 heterocycles. The van der Waals surface area contributed by atoms with Crippen molar-refractivity contribution < 1.29 is 4.74 Å². The summed E-state index contributed by atoms with van der Waals surface area (Å²) in [5.74, 6) is 1.47. The largest absolute Gasteiger partial charge is 0.496 e. The van der Waals surface area contributed by atoms with Gasteiger partial charge in [-0.25, -0.2) is 4.98 Å². The van der Waals surface area contributed by atoms with E-state index in [0.717, 1.165) is 22.4 Å². The molecule has 0 aliphatic carbocycles. The molecule has 4 heteroatoms. The number of para-hydroxylation sites is 1. The van der Waals surface area contributed by atoms with E-state index in [-0.39, 0.29) is 0 Å². The molecule has 0 bridgehead atoms. The average molecular weight is 263 g/mol. The van der Waals surface area contributed by atoms with Crippen LogP contribution in [0.25, 0.3) is 22.4 Å². The summed E-state index contributed by atoms with van der Waals surface area (Å²) >= 11 is 0. The van der Waals surface area contributed by atoms with Crippen LogP contribution in [0.3, 0.4) is 0 Å². The van der Waals surface area contributed by atoms with E-state index in [2.05, 4.69) is 16.0 Å². The molecular formula is C16H13N3O. The fourth-order valence-electron chi connectivity index (χ4n) is 2.26. The van der Waals surface area contributed by atoms with Gasteiger partial charge in [0.2, 0.25) is 0 Å². The molecule has 3 aromatic rings. The third-order valence-electron chi connectivity index (χ3n) is 3.24. The van der Waals surface area contributed by atoms with E-state index in [4.69, 9.17) is 10.00 Å². The first-order chi connectivity index (χ1) is 9.72. The minimum atomic E-state index is 0.566. The van der Waals surface area contributed by atoms with Gasteiger partial charge >= 0.3 is 0 Å². The van der Waals surface area contributed by atoms with E-state index >= 15 is 0 Å². The van der Waals surface area contributed by atoms with Crippen molar-refractivity contribution in [1.29, 1.82) is 5.26 Å². The summed E-state index contributed by atoms with van der Waals surface area (Å²) in [4.78, 5) is 7.79. The second-order valence-electron chi connectivity index (χ2n) is 4.60. The van der Waals surface area contributed by atoms with Gasteiger partial charge in [-0.3, -0.25) is 0 Å². The molecular weight excluding hydrogens is 250 g/mol. The summed E-state index contributed by atoms with van der Waals surface area (Å²) in [6.45, 7) is 2.02. The van der Waals surface area contributed by atoms with Gasteiger partial charge in [-0.1, -0.05) is 17.7 Å². The smallest absolute Gasteiger partial charge is 0.142 e. The van der Waals surface area contributed by atoms with Gasteiger partial charge in [0.15, 0.2) is 0 Å². The van der Waals surface area contributed by atoms with Crippen LogP contribution in [0.1, 0.15) is 11.1 Å². The van der Waals surface area contributed by atoms with E-state index < -0.39 is 0 Å². The number of ether oxygens (including phenoxy) is 1. The van der Waals surface area contributed by atoms with Crippen molar-refractivity contribution in [3.05, 3.63) is 47.5 Å². The maximum Gasteiger partial charge on any atom is 0.142 e. The number of rotatable bonds is 2. The van der Waals surface area contributed by atoms with Crippen LogP contribution in [0.15, 0.2) is 36.4 Å². The molecule has 0 aliphatic rings. The zero-order valence-corrected chi connectivity index (χ0v) is 11.3. The van der Waals surface area contributed by atoms with Crippen molar-refractivity contribution >= 4 is 11.0 Å². The maximum absolute atomic E-state index is 9.13. The standard InChI is InChI=1S/C16H13N3O/c1-10-6-7-14(20-2)12(8-10)16-18-13-5-3-4-11(9-17)15(13)19-16/h3-8H,1-2H3,(H,18,19). The van der Waals surface area contributed by atoms with Crippen molar-refractivity contribution in [2.24, 2.45) is 0 Å². The number of nitrogens with one attached hydrogen (secondary N) is 1. The number of hydrogen-bond donors (Lipinski definition) is 1. The van der Waals surface area contributed by atoms with Gasteiger partial charge in [0.1, 0.15) is 23.2 Å². The third kappa shape index (κ3) is 1.90. The summed E-state index contributed by atoms with van der Waals surface area (Å²) in [5, 5.41) is 9.13. The maximum atomic E-state index is 9.13. The van der Waals surface area contributed by atoms with Gasteiger partial charge in [0.05, 0.1) is 23.8 Å². The highest BCUT2D eigenvalue weighted by Gasteiger charge is 2.12. The van der Waals surface area contributed by atoms with Crippen molar-refractivity contribution in [1.82, 2.24) is 9.97 Å². The summed E-state index contributed by atoms with van der Waals surface area (Å²) in [7, 11) is 1.64. The van der Waals surface area contributed by atoms with Gasteiger partial charge in [-0.2, -0.15) is 5.26 Å². The average Bonchev–Trinajstić information content (AvgIpc) is 2.90. The van der Waals surface area contributed by atoms with Crippen LogP contribution in [-0.4, -0.2) is 17.1 Å². The highest BCUT2D eigenvalue weighted by molar-refractivity contribution is 5.85. The Bertz CT molecular complexity index is 827. The Morgan fingerprint density at radius 2 is 2.10 bits per heavy atom. The van der Waals surface area contributed by atoms with Crippen LogP contribution >= 0.6 is 0 Å². The van der Waals surface area contributed by atoms with Crippen LogP contribution < -0.4 is 4.74 Å². The minimum Gasteiger partial charge on any atom is -0.496 e. The topological polar surface area (TPSA) is 61.7 Å². The number of methoxy groups -OCH3 is 1. The van der Waals surface area contributed by atoms with Crippen LogP contribution in [-0.2, 0) is 0 Å². The molecule has 0 unspecified atom stereocenters. The van der Waals surface area contributed by atoms with E-state index in [1.54, 1.807) is 13.2 Å². The van der Waals surface area contributed by atoms with E-state index in [1.807, 2.05) is 37.3 Å². The first-order valence-electron chi connectivity index (χ1n) is 6.27. The van der Waals surface area contributed by atoms with Crippen molar-refractivity contribution in [2.45, 2.75) is 6.92 Å². The molecule has 2 aromatic carbocycles. The van der Waals surface area contributed by atoms with Gasteiger partial charge in [-0.15, -0.1) is 0 Å². The Hall–Kier alpha value is -2.80. The van der Waals surface area contributed by atoms with Crippen molar-refractivity contribution in [3.8, 4) is 23.2 Å². The number of aromatic nitrogens is 2. The van der Waals surface area contributed by atoms with E-state index in [0.29, 0.717) is 16.9 Å². The van der Waals surface area contributed by atoms with Gasteiger partial charge < -0.3 is 9.72 Å². The molecule has 0 saturated heterocycles. The number of H-pyrrole nitrogens is 1. The summed E-state index contributed by atoms with van der Waals surface area (Å²) < 4.78 is 5.38. The van der Waals surface area contributed by atoms with Crippen LogP contribution in [0.5, 0.6) is 5.75 Å². The molecule has 0 fully saturated rings. The molecule has 20 heavy (non-hydrogen) atoms. The zero-order chi connectivity index (χ0) is 14.1. The molecule has 0 radical (unpaired) electrons. The lowest BCUT2D eigenvalue weighted by Gasteiger charge is -2.06. The lowest BCUT2D eigenvalue weighted by Crippen LogP contribution is -1.90. The number of nitriles is 1. The summed E-state index contributed by atoms with van der Waals surface area (Å²) in [6, 6.07) is 13.6. The number of nitrogens with zero attached hydrogens (tertiary/aromatic N) is 2. The Balaban J connectivity index is 2.26. The Kier molecular flexibility index (Phi) is 2.88. The van der Waals surface area contributed by atoms with Crippen LogP contribution in [0.4, 0.5) is 0 Å². The lowest BCUT2D eigenvalue weighted by atomic mass is 10.1. The molecule has 0 spiro atoms. The lowest BCUT2D eigenvalue weighted by molar-refractivity contribution is 0.416. The third-order valence-corrected chi connectivity index (χ3v) is 3.24. The quantitative estimate of drug-likeness (QED) is 0.770. The number of benzene rings is 2. The van der Waals surface area contributed by atoms with Gasteiger partial charge in [0, 0.05) is 0 Å². The minimum absolute atomic E-state index is 0.566. The molecule has 0 amide bonds. The molecule has 0 saturated carbocycles. The summed E-state index contributed by atoms with van der Waals surface area (Å²) in [6.07, 6.45) is 0. The first kappa shape index (κ1) is 12.2. The summed E-state index contributed by atoms with van der Waals surface area (Å²) in [5.41, 5.74) is 4.13. The second kappa shape index (κ2) is 4.71. The van der Waals surface area contributed by atoms with E-state index in [1.165, 1.54) is 0 Å². The molecule has 1 aromatic heterocycles. The zero-order valence-electron chi connectivity index (χ0n) is 11.3. The van der Waals surface area contributed by atoms with Crippen molar-refractivity contribution in [2.75, 3.05) is 7.11 Å². The number of imidazole rings is 1. The van der Waals surface area contributed by atoms with E-state index in [9.17, 15) is 0 Å². The number of aromatic amines is 1. The fourth-order valence-corrected chi connectivity index (χ4v) is 2.26. The van der Waals surface area contributed by atoms with Gasteiger partial charge in [0.25, 0.3) is 0 Å². The number of hydrogen-bond acceptors (Lipinski definition) is 3. The SMILES string of the molecule is COc1ccc(C)cc1-c1nc2c(C#N)cccc2[nH]1. The predicted molar refractivity (Wildman–Crippen MR) is 77.5 cm³/mol. The Labute approximate surface area is 116 Å². The first-order valence-corrected chi connectivity index (χ1v) is 6.27. The molecule has 98 valence electrons. The van der Waals surface area contributed by atoms with Crippen LogP contribution in [0, 0.1) is 18.3 Å². The Morgan fingerprint density at radius 3 is 2.85 bits per heavy atom. The van der Waals surface area contributed by atoms with Crippen LogP contribution in [0.2, 0.25) is 0 Å². The molecule has 0 atom stereocenters. The highest BCUT2D eigenvalue weighted by Crippen LogP contribution is 2.30. The highest BCUT2D eigenvalue weighted by atomic mass is 16.5. The molecule has 3 rings (SSSR count).